The molecule has 3 heterocycles. The van der Waals surface area contributed by atoms with E-state index in [1.165, 1.54) is 13.2 Å². The van der Waals surface area contributed by atoms with Crippen molar-refractivity contribution in [2.24, 2.45) is 5.92 Å². The molecule has 10 nitrogen and oxygen atoms in total. The van der Waals surface area contributed by atoms with Crippen LogP contribution in [0.25, 0.3) is 0 Å². The first kappa shape index (κ1) is 34.5. The van der Waals surface area contributed by atoms with Crippen LogP contribution in [0, 0.1) is 18.7 Å². The number of hydrogen-bond acceptors (Lipinski definition) is 7. The van der Waals surface area contributed by atoms with E-state index in [9.17, 15) is 23.9 Å². The lowest BCUT2D eigenvalue weighted by Gasteiger charge is -2.35. The van der Waals surface area contributed by atoms with Crippen molar-refractivity contribution in [3.63, 3.8) is 0 Å². The second-order valence-corrected chi connectivity index (χ2v) is 13.0. The number of amides is 2. The maximum absolute atomic E-state index is 14.5. The summed E-state index contributed by atoms with van der Waals surface area (Å²) < 4.78 is 31.2. The Morgan fingerprint density at radius 2 is 1.91 bits per heavy atom. The van der Waals surface area contributed by atoms with Crippen LogP contribution in [0.1, 0.15) is 82.3 Å². The smallest absolute Gasteiger partial charge is 0.308 e. The third-order valence-corrected chi connectivity index (χ3v) is 9.88. The average molecular weight is 654 g/mol. The van der Waals surface area contributed by atoms with E-state index in [4.69, 9.17) is 14.2 Å². The first-order valence-corrected chi connectivity index (χ1v) is 17.0. The number of carbonyl (C=O) groups is 3. The number of carboxylic acids is 1. The standard InChI is InChI=1S/C36H48FN3O7/c1-5-9-25(10-6-2)40(26-13-14-28(37)23(3)17-26)33(42)21-39-20-27(24-18-30(45-4)35-31(19-24)46-22-47-35)34(36(43)44)29(39)11-7-15-38-16-8-12-32(38)41/h13-14,17-19,25,27,29,34H,5-12,15-16,20-22H2,1-4H3,(H,43,44)/t27-,29+,34-/m1/s1. The first-order chi connectivity index (χ1) is 22.7. The predicted octanol–water partition coefficient (Wildman–Crippen LogP) is 5.74. The van der Waals surface area contributed by atoms with E-state index in [0.29, 0.717) is 60.9 Å². The van der Waals surface area contributed by atoms with Gasteiger partial charge in [0.05, 0.1) is 19.6 Å². The highest BCUT2D eigenvalue weighted by molar-refractivity contribution is 5.95. The largest absolute Gasteiger partial charge is 0.493 e. The van der Waals surface area contributed by atoms with Gasteiger partial charge in [-0.15, -0.1) is 0 Å². The minimum Gasteiger partial charge on any atom is -0.493 e. The maximum atomic E-state index is 14.5. The van der Waals surface area contributed by atoms with Gasteiger partial charge in [-0.3, -0.25) is 19.3 Å². The van der Waals surface area contributed by atoms with Crippen molar-refractivity contribution in [2.75, 3.05) is 45.0 Å². The molecule has 3 aliphatic heterocycles. The quantitative estimate of drug-likeness (QED) is 0.259. The van der Waals surface area contributed by atoms with Crippen LogP contribution in [0.4, 0.5) is 10.1 Å². The molecular formula is C36H48FN3O7. The molecule has 2 saturated heterocycles. The molecule has 0 saturated carbocycles. The minimum absolute atomic E-state index is 0.00955. The molecule has 0 unspecified atom stereocenters. The number of halogens is 1. The summed E-state index contributed by atoms with van der Waals surface area (Å²) >= 11 is 0. The van der Waals surface area contributed by atoms with Crippen LogP contribution in [0.3, 0.4) is 0 Å². The van der Waals surface area contributed by atoms with Crippen LogP contribution in [0.15, 0.2) is 30.3 Å². The van der Waals surface area contributed by atoms with Gasteiger partial charge in [-0.1, -0.05) is 26.7 Å². The number of hydrogen-bond donors (Lipinski definition) is 1. The topological polar surface area (TPSA) is 109 Å². The van der Waals surface area contributed by atoms with Crippen molar-refractivity contribution in [3.8, 4) is 17.2 Å². The molecule has 2 fully saturated rings. The monoisotopic (exact) mass is 653 g/mol. The molecule has 2 amide bonds. The fourth-order valence-electron chi connectivity index (χ4n) is 7.64. The highest BCUT2D eigenvalue weighted by Gasteiger charge is 2.48. The van der Waals surface area contributed by atoms with E-state index in [-0.39, 0.29) is 37.0 Å². The van der Waals surface area contributed by atoms with E-state index in [0.717, 1.165) is 44.2 Å². The number of aliphatic carboxylic acids is 1. The fourth-order valence-corrected chi connectivity index (χ4v) is 7.64. The Morgan fingerprint density at radius 1 is 1.15 bits per heavy atom. The van der Waals surface area contributed by atoms with E-state index < -0.39 is 23.8 Å². The third-order valence-electron chi connectivity index (χ3n) is 9.88. The van der Waals surface area contributed by atoms with E-state index >= 15 is 0 Å². The van der Waals surface area contributed by atoms with Crippen LogP contribution in [-0.4, -0.2) is 84.9 Å². The third kappa shape index (κ3) is 7.50. The van der Waals surface area contributed by atoms with Crippen molar-refractivity contribution in [3.05, 3.63) is 47.3 Å². The molecule has 3 aliphatic rings. The average Bonchev–Trinajstić information content (AvgIpc) is 3.78. The molecule has 0 radical (unpaired) electrons. The molecule has 47 heavy (non-hydrogen) atoms. The number of fused-ring (bicyclic) bond motifs is 1. The second-order valence-electron chi connectivity index (χ2n) is 13.0. The lowest BCUT2D eigenvalue weighted by molar-refractivity contribution is -0.143. The number of carboxylic acid groups (broad SMARTS) is 1. The molecule has 0 aliphatic carbocycles. The molecule has 1 N–H and O–H groups in total. The summed E-state index contributed by atoms with van der Waals surface area (Å²) in [5.41, 5.74) is 1.86. The number of nitrogens with zero attached hydrogens (tertiary/aromatic N) is 3. The number of anilines is 1. The van der Waals surface area contributed by atoms with Crippen LogP contribution in [0.5, 0.6) is 17.2 Å². The first-order valence-electron chi connectivity index (χ1n) is 17.0. The lowest BCUT2D eigenvalue weighted by atomic mass is 9.83. The molecule has 3 atom stereocenters. The van der Waals surface area contributed by atoms with Crippen LogP contribution >= 0.6 is 0 Å². The van der Waals surface area contributed by atoms with Crippen molar-refractivity contribution in [1.29, 1.82) is 0 Å². The Labute approximate surface area is 276 Å². The van der Waals surface area contributed by atoms with Crippen LogP contribution in [-0.2, 0) is 14.4 Å². The summed E-state index contributed by atoms with van der Waals surface area (Å²) in [4.78, 5) is 45.5. The molecule has 0 aromatic heterocycles. The highest BCUT2D eigenvalue weighted by Crippen LogP contribution is 2.47. The molecule has 256 valence electrons. The van der Waals surface area contributed by atoms with Gasteiger partial charge in [-0.2, -0.15) is 0 Å². The number of carbonyl (C=O) groups excluding carboxylic acids is 2. The predicted molar refractivity (Wildman–Crippen MR) is 176 cm³/mol. The zero-order chi connectivity index (χ0) is 33.7. The lowest BCUT2D eigenvalue weighted by Crippen LogP contribution is -2.48. The molecule has 2 aromatic carbocycles. The number of benzene rings is 2. The second kappa shape index (κ2) is 15.4. The Bertz CT molecular complexity index is 1450. The highest BCUT2D eigenvalue weighted by atomic mass is 19.1. The van der Waals surface area contributed by atoms with Gasteiger partial charge in [0.15, 0.2) is 11.5 Å². The molecule has 2 aromatic rings. The summed E-state index contributed by atoms with van der Waals surface area (Å²) in [5.74, 6) is -1.09. The SMILES string of the molecule is CCCC(CCC)N(C(=O)CN1C[C@H](c2cc(OC)c3c(c2)OCO3)[C@@H](C(=O)O)[C@@H]1CCCN1CCCC1=O)c1ccc(F)c(C)c1. The van der Waals surface area contributed by atoms with Crippen molar-refractivity contribution in [2.45, 2.75) is 90.1 Å². The number of aryl methyl sites for hydroxylation is 1. The van der Waals surface area contributed by atoms with Gasteiger partial charge in [0.25, 0.3) is 0 Å². The van der Waals surface area contributed by atoms with Gasteiger partial charge in [-0.25, -0.2) is 4.39 Å². The zero-order valence-electron chi connectivity index (χ0n) is 28.0. The summed E-state index contributed by atoms with van der Waals surface area (Å²) in [6.45, 7) is 7.54. The van der Waals surface area contributed by atoms with Crippen LogP contribution < -0.4 is 19.1 Å². The summed E-state index contributed by atoms with van der Waals surface area (Å²) in [6, 6.07) is 7.89. The van der Waals surface area contributed by atoms with Gasteiger partial charge in [0.1, 0.15) is 5.82 Å². The number of likely N-dealkylation sites (tertiary alicyclic amines) is 2. The van der Waals surface area contributed by atoms with E-state index in [1.54, 1.807) is 19.1 Å². The molecule has 5 rings (SSSR count). The zero-order valence-corrected chi connectivity index (χ0v) is 28.0. The molecule has 0 bridgehead atoms. The Morgan fingerprint density at radius 3 is 2.55 bits per heavy atom. The molecular weight excluding hydrogens is 605 g/mol. The Hall–Kier alpha value is -3.86. The Balaban J connectivity index is 1.48. The van der Waals surface area contributed by atoms with Gasteiger partial charge < -0.3 is 29.1 Å². The number of ether oxygens (including phenoxy) is 3. The summed E-state index contributed by atoms with van der Waals surface area (Å²) in [6.07, 6.45) is 5.86. The van der Waals surface area contributed by atoms with E-state index in [1.807, 2.05) is 26.8 Å². The minimum atomic E-state index is -0.940. The van der Waals surface area contributed by atoms with Crippen molar-refractivity contribution >= 4 is 23.5 Å². The van der Waals surface area contributed by atoms with Crippen molar-refractivity contribution < 1.29 is 38.1 Å². The van der Waals surface area contributed by atoms with Gasteiger partial charge in [-0.05, 0) is 80.5 Å². The Kier molecular flexibility index (Phi) is 11.3. The maximum Gasteiger partial charge on any atom is 0.308 e. The number of methoxy groups -OCH3 is 1. The van der Waals surface area contributed by atoms with Gasteiger partial charge in [0.2, 0.25) is 24.4 Å². The van der Waals surface area contributed by atoms with E-state index in [2.05, 4.69) is 13.8 Å². The van der Waals surface area contributed by atoms with Gasteiger partial charge in [0, 0.05) is 49.7 Å². The molecule has 0 spiro atoms. The molecule has 11 heteroatoms. The summed E-state index contributed by atoms with van der Waals surface area (Å²) in [7, 11) is 1.53. The fraction of sp³-hybridized carbons (Fsp3) is 0.583. The number of rotatable bonds is 15. The normalized spacial score (nSPS) is 20.8. The summed E-state index contributed by atoms with van der Waals surface area (Å²) in [5, 5.41) is 10.7. The van der Waals surface area contributed by atoms with Crippen LogP contribution in [0.2, 0.25) is 0 Å². The van der Waals surface area contributed by atoms with Crippen molar-refractivity contribution in [1.82, 2.24) is 9.80 Å². The van der Waals surface area contributed by atoms with Gasteiger partial charge >= 0.3 is 5.97 Å².